The minimum absolute atomic E-state index is 0.159. The Bertz CT molecular complexity index is 301. The first kappa shape index (κ1) is 11.9. The van der Waals surface area contributed by atoms with E-state index in [9.17, 15) is 0 Å². The summed E-state index contributed by atoms with van der Waals surface area (Å²) in [4.78, 5) is 0. The number of aliphatic hydroxyl groups is 1. The van der Waals surface area contributed by atoms with Crippen molar-refractivity contribution in [1.82, 2.24) is 5.32 Å². The molecule has 0 aliphatic heterocycles. The van der Waals surface area contributed by atoms with Gasteiger partial charge in [0, 0.05) is 16.2 Å². The van der Waals surface area contributed by atoms with E-state index in [4.69, 9.17) is 5.11 Å². The maximum Gasteiger partial charge on any atom is 0.0582 e. The van der Waals surface area contributed by atoms with Crippen LogP contribution in [0.4, 0.5) is 0 Å². The molecule has 0 radical (unpaired) electrons. The first-order valence-corrected chi connectivity index (χ1v) is 5.81. The molecule has 1 rings (SSSR count). The van der Waals surface area contributed by atoms with Crippen LogP contribution in [0.25, 0.3) is 0 Å². The average Bonchev–Trinajstić information content (AvgIpc) is 2.20. The van der Waals surface area contributed by atoms with E-state index in [1.807, 2.05) is 6.92 Å². The van der Waals surface area contributed by atoms with Gasteiger partial charge in [-0.25, -0.2) is 0 Å². The number of nitrogens with one attached hydrogen (secondary N) is 1. The summed E-state index contributed by atoms with van der Waals surface area (Å²) in [6.07, 6.45) is 0. The maximum absolute atomic E-state index is 8.87. The van der Waals surface area contributed by atoms with Crippen molar-refractivity contribution in [2.75, 3.05) is 6.61 Å². The van der Waals surface area contributed by atoms with Gasteiger partial charge in [-0.15, -0.1) is 0 Å². The van der Waals surface area contributed by atoms with Gasteiger partial charge < -0.3 is 10.4 Å². The molecule has 0 aliphatic carbocycles. The van der Waals surface area contributed by atoms with E-state index >= 15 is 0 Å². The van der Waals surface area contributed by atoms with E-state index in [1.54, 1.807) is 0 Å². The van der Waals surface area contributed by atoms with Crippen LogP contribution in [-0.2, 0) is 6.54 Å². The van der Waals surface area contributed by atoms with Gasteiger partial charge in [0.15, 0.2) is 0 Å². The van der Waals surface area contributed by atoms with Gasteiger partial charge in [-0.2, -0.15) is 0 Å². The first-order valence-electron chi connectivity index (χ1n) is 4.73. The Morgan fingerprint density at radius 2 is 2.21 bits per heavy atom. The minimum Gasteiger partial charge on any atom is -0.395 e. The van der Waals surface area contributed by atoms with Gasteiger partial charge in [-0.3, -0.25) is 0 Å². The third kappa shape index (κ3) is 3.22. The molecule has 1 unspecified atom stereocenters. The molecule has 1 aromatic rings. The number of aryl methyl sites for hydroxylation is 1. The molecule has 0 saturated carbocycles. The first-order chi connectivity index (χ1) is 6.65. The Labute approximate surface area is 98.9 Å². The van der Waals surface area contributed by atoms with Gasteiger partial charge in [0.2, 0.25) is 0 Å². The highest BCUT2D eigenvalue weighted by Crippen LogP contribution is 2.16. The zero-order valence-electron chi connectivity index (χ0n) is 8.55. The molecule has 0 fully saturated rings. The smallest absolute Gasteiger partial charge is 0.0582 e. The molecule has 1 atom stereocenters. The largest absolute Gasteiger partial charge is 0.395 e. The van der Waals surface area contributed by atoms with Crippen molar-refractivity contribution >= 4 is 22.6 Å². The van der Waals surface area contributed by atoms with E-state index in [1.165, 1.54) is 14.7 Å². The predicted molar refractivity (Wildman–Crippen MR) is 67.3 cm³/mol. The van der Waals surface area contributed by atoms with Crippen LogP contribution in [-0.4, -0.2) is 17.8 Å². The van der Waals surface area contributed by atoms with Crippen molar-refractivity contribution in [2.45, 2.75) is 26.4 Å². The number of rotatable bonds is 4. The summed E-state index contributed by atoms with van der Waals surface area (Å²) >= 11 is 2.36. The molecule has 0 saturated heterocycles. The molecule has 1 aromatic carbocycles. The molecule has 0 amide bonds. The highest BCUT2D eigenvalue weighted by Gasteiger charge is 2.03. The molecule has 0 bridgehead atoms. The lowest BCUT2D eigenvalue weighted by molar-refractivity contribution is 0.251. The van der Waals surface area contributed by atoms with Crippen LogP contribution in [0.5, 0.6) is 0 Å². The fraction of sp³-hybridized carbons (Fsp3) is 0.455. The summed E-state index contributed by atoms with van der Waals surface area (Å²) in [7, 11) is 0. The van der Waals surface area contributed by atoms with Gasteiger partial charge in [-0.1, -0.05) is 18.2 Å². The summed E-state index contributed by atoms with van der Waals surface area (Å²) in [5.41, 5.74) is 2.60. The molecule has 0 aromatic heterocycles. The van der Waals surface area contributed by atoms with Crippen LogP contribution in [0.2, 0.25) is 0 Å². The van der Waals surface area contributed by atoms with Crippen molar-refractivity contribution in [1.29, 1.82) is 0 Å². The maximum atomic E-state index is 8.87. The molecule has 3 heteroatoms. The molecule has 2 nitrogen and oxygen atoms in total. The van der Waals surface area contributed by atoms with Crippen LogP contribution in [0.1, 0.15) is 18.1 Å². The molecule has 78 valence electrons. The Kier molecular flexibility index (Phi) is 4.84. The monoisotopic (exact) mass is 305 g/mol. The van der Waals surface area contributed by atoms with Gasteiger partial charge in [0.1, 0.15) is 0 Å². The number of aliphatic hydroxyl groups excluding tert-OH is 1. The van der Waals surface area contributed by atoms with Crippen LogP contribution < -0.4 is 5.32 Å². The zero-order valence-corrected chi connectivity index (χ0v) is 10.7. The summed E-state index contributed by atoms with van der Waals surface area (Å²) in [5.74, 6) is 0. The number of hydrogen-bond acceptors (Lipinski definition) is 2. The van der Waals surface area contributed by atoms with Crippen molar-refractivity contribution in [3.63, 3.8) is 0 Å². The normalized spacial score (nSPS) is 12.9. The van der Waals surface area contributed by atoms with E-state index in [-0.39, 0.29) is 12.6 Å². The van der Waals surface area contributed by atoms with Crippen LogP contribution in [0, 0.1) is 10.5 Å². The molecular weight excluding hydrogens is 289 g/mol. The summed E-state index contributed by atoms with van der Waals surface area (Å²) in [6, 6.07) is 6.45. The highest BCUT2D eigenvalue weighted by atomic mass is 127. The average molecular weight is 305 g/mol. The second-order valence-corrected chi connectivity index (χ2v) is 4.59. The number of hydrogen-bond donors (Lipinski definition) is 2. The van der Waals surface area contributed by atoms with Crippen molar-refractivity contribution < 1.29 is 5.11 Å². The fourth-order valence-electron chi connectivity index (χ4n) is 1.19. The Morgan fingerprint density at radius 1 is 1.50 bits per heavy atom. The van der Waals surface area contributed by atoms with Gasteiger partial charge in [0.05, 0.1) is 6.61 Å². The van der Waals surface area contributed by atoms with Crippen molar-refractivity contribution in [3.8, 4) is 0 Å². The molecule has 0 aliphatic rings. The molecular formula is C11H16INO. The lowest BCUT2D eigenvalue weighted by atomic mass is 10.1. The van der Waals surface area contributed by atoms with Gasteiger partial charge in [0.25, 0.3) is 0 Å². The third-order valence-corrected chi connectivity index (χ3v) is 3.73. The van der Waals surface area contributed by atoms with E-state index in [0.29, 0.717) is 0 Å². The molecule has 2 N–H and O–H groups in total. The summed E-state index contributed by atoms with van der Waals surface area (Å²) in [6.45, 7) is 5.09. The minimum atomic E-state index is 0.159. The number of benzene rings is 1. The number of halogens is 1. The SMILES string of the molecule is Cc1cccc(CNC(C)CO)c1I. The second kappa shape index (κ2) is 5.68. The van der Waals surface area contributed by atoms with Crippen LogP contribution in [0.15, 0.2) is 18.2 Å². The van der Waals surface area contributed by atoms with Gasteiger partial charge in [-0.05, 0) is 47.6 Å². The third-order valence-electron chi connectivity index (χ3n) is 2.19. The fourth-order valence-corrected chi connectivity index (χ4v) is 1.74. The topological polar surface area (TPSA) is 32.3 Å². The lowest BCUT2D eigenvalue weighted by Crippen LogP contribution is -2.28. The zero-order chi connectivity index (χ0) is 10.6. The lowest BCUT2D eigenvalue weighted by Gasteiger charge is -2.12. The Morgan fingerprint density at radius 3 is 2.86 bits per heavy atom. The van der Waals surface area contributed by atoms with Gasteiger partial charge >= 0.3 is 0 Å². The van der Waals surface area contributed by atoms with E-state index in [2.05, 4.69) is 53.0 Å². The molecule has 0 spiro atoms. The Hall–Kier alpha value is -0.130. The quantitative estimate of drug-likeness (QED) is 0.835. The molecule has 14 heavy (non-hydrogen) atoms. The van der Waals surface area contributed by atoms with E-state index < -0.39 is 0 Å². The standard InChI is InChI=1S/C11H16INO/c1-8-4-3-5-10(11(8)12)6-13-9(2)7-14/h3-5,9,13-14H,6-7H2,1-2H3. The predicted octanol–water partition coefficient (Wildman–Crippen LogP) is 2.07. The Balaban J connectivity index is 2.63. The van der Waals surface area contributed by atoms with Crippen molar-refractivity contribution in [2.24, 2.45) is 0 Å². The van der Waals surface area contributed by atoms with Crippen LogP contribution in [0.3, 0.4) is 0 Å². The summed E-state index contributed by atoms with van der Waals surface area (Å²) < 4.78 is 1.31. The van der Waals surface area contributed by atoms with E-state index in [0.717, 1.165) is 6.54 Å². The summed E-state index contributed by atoms with van der Waals surface area (Å²) in [5, 5.41) is 12.1. The second-order valence-electron chi connectivity index (χ2n) is 3.51. The molecule has 0 heterocycles. The van der Waals surface area contributed by atoms with Crippen molar-refractivity contribution in [3.05, 3.63) is 32.9 Å². The highest BCUT2D eigenvalue weighted by molar-refractivity contribution is 14.1. The van der Waals surface area contributed by atoms with Crippen LogP contribution >= 0.6 is 22.6 Å².